The fourth-order valence-electron chi connectivity index (χ4n) is 2.70. The van der Waals surface area contributed by atoms with Gasteiger partial charge < -0.3 is 23.7 Å². The summed E-state index contributed by atoms with van der Waals surface area (Å²) in [4.78, 5) is 10.9. The lowest BCUT2D eigenvalue weighted by atomic mass is 10.1. The van der Waals surface area contributed by atoms with Crippen LogP contribution in [0.2, 0.25) is 0 Å². The number of unbranched alkanes of at least 4 members (excludes halogenated alkanes) is 8. The molecule has 0 saturated heterocycles. The Hall–Kier alpha value is -0.690. The third kappa shape index (κ3) is 23.3. The van der Waals surface area contributed by atoms with Gasteiger partial charge in [0.15, 0.2) is 0 Å². The monoisotopic (exact) mass is 404 g/mol. The van der Waals surface area contributed by atoms with Crippen LogP contribution in [0, 0.1) is 0 Å². The summed E-state index contributed by atoms with van der Waals surface area (Å²) in [7, 11) is 1.39. The molecule has 0 heterocycles. The van der Waals surface area contributed by atoms with Crippen LogP contribution >= 0.6 is 0 Å². The summed E-state index contributed by atoms with van der Waals surface area (Å²) in [5.74, 6) is -0.200. The number of hydrogen-bond donors (Lipinski definition) is 0. The van der Waals surface area contributed by atoms with E-state index in [9.17, 15) is 4.79 Å². The molecule has 168 valence electrons. The molecular weight excluding hydrogens is 360 g/mol. The van der Waals surface area contributed by atoms with Crippen molar-refractivity contribution in [1.82, 2.24) is 0 Å². The third-order valence-corrected chi connectivity index (χ3v) is 4.41. The maximum atomic E-state index is 10.9. The molecule has 0 aliphatic rings. The number of ether oxygens (including phenoxy) is 5. The number of carbonyl (C=O) groups is 1. The van der Waals surface area contributed by atoms with E-state index in [1.807, 2.05) is 0 Å². The summed E-state index contributed by atoms with van der Waals surface area (Å²) in [6.07, 6.45) is 13.1. The van der Waals surface area contributed by atoms with Crippen LogP contribution < -0.4 is 0 Å². The van der Waals surface area contributed by atoms with E-state index in [0.717, 1.165) is 13.0 Å². The Kier molecular flexibility index (Phi) is 23.7. The molecule has 0 N–H and O–H groups in total. The van der Waals surface area contributed by atoms with Gasteiger partial charge in [0, 0.05) is 19.6 Å². The highest BCUT2D eigenvalue weighted by molar-refractivity contribution is 5.68. The van der Waals surface area contributed by atoms with Gasteiger partial charge >= 0.3 is 5.97 Å². The number of carbonyl (C=O) groups excluding carboxylic acids is 1. The van der Waals surface area contributed by atoms with Crippen molar-refractivity contribution in [3.63, 3.8) is 0 Å². The lowest BCUT2D eigenvalue weighted by Crippen LogP contribution is -2.12. The predicted molar refractivity (Wildman–Crippen MR) is 112 cm³/mol. The van der Waals surface area contributed by atoms with Crippen molar-refractivity contribution in [3.05, 3.63) is 0 Å². The van der Waals surface area contributed by atoms with Gasteiger partial charge in [-0.05, 0) is 12.8 Å². The van der Waals surface area contributed by atoms with Crippen LogP contribution in [-0.4, -0.2) is 65.9 Å². The fourth-order valence-corrected chi connectivity index (χ4v) is 2.70. The normalized spacial score (nSPS) is 11.1. The summed E-state index contributed by atoms with van der Waals surface area (Å²) < 4.78 is 26.4. The smallest absolute Gasteiger partial charge is 0.305 e. The first-order valence-electron chi connectivity index (χ1n) is 11.2. The van der Waals surface area contributed by atoms with Crippen molar-refractivity contribution in [2.75, 3.05) is 60.0 Å². The molecule has 6 nitrogen and oxygen atoms in total. The molecule has 0 amide bonds. The van der Waals surface area contributed by atoms with Crippen molar-refractivity contribution in [2.45, 2.75) is 77.6 Å². The zero-order valence-electron chi connectivity index (χ0n) is 18.4. The van der Waals surface area contributed by atoms with E-state index in [4.69, 9.17) is 18.9 Å². The Morgan fingerprint density at radius 3 is 1.39 bits per heavy atom. The Labute approximate surface area is 172 Å². The molecule has 0 aromatic rings. The summed E-state index contributed by atoms with van der Waals surface area (Å²) in [6, 6.07) is 0. The molecule has 0 aromatic heterocycles. The fraction of sp³-hybridized carbons (Fsp3) is 0.955. The Morgan fingerprint density at radius 2 is 0.929 bits per heavy atom. The Bertz CT molecular complexity index is 311. The molecule has 0 aliphatic carbocycles. The van der Waals surface area contributed by atoms with Crippen molar-refractivity contribution in [3.8, 4) is 0 Å². The van der Waals surface area contributed by atoms with Crippen LogP contribution in [0.3, 0.4) is 0 Å². The van der Waals surface area contributed by atoms with E-state index in [1.165, 1.54) is 58.5 Å². The van der Waals surface area contributed by atoms with Crippen LogP contribution in [0.1, 0.15) is 77.6 Å². The largest absolute Gasteiger partial charge is 0.469 e. The highest BCUT2D eigenvalue weighted by Crippen LogP contribution is 2.09. The molecule has 0 unspecified atom stereocenters. The van der Waals surface area contributed by atoms with Crippen LogP contribution in [0.15, 0.2) is 0 Å². The summed E-state index contributed by atoms with van der Waals surface area (Å²) >= 11 is 0. The van der Waals surface area contributed by atoms with E-state index in [-0.39, 0.29) is 5.97 Å². The standard InChI is InChI=1S/C22H44O6/c1-3-4-5-6-7-8-9-10-11-14-25-16-18-27-20-21-28-19-17-26-15-12-13-22(23)24-2/h3-21H2,1-2H3. The number of rotatable bonds is 23. The molecule has 0 radical (unpaired) electrons. The van der Waals surface area contributed by atoms with Gasteiger partial charge in [-0.1, -0.05) is 58.3 Å². The second kappa shape index (κ2) is 24.3. The Balaban J connectivity index is 3.00. The number of hydrogen-bond acceptors (Lipinski definition) is 6. The molecule has 0 saturated carbocycles. The van der Waals surface area contributed by atoms with Crippen molar-refractivity contribution in [2.24, 2.45) is 0 Å². The lowest BCUT2D eigenvalue weighted by molar-refractivity contribution is -0.141. The molecule has 6 heteroatoms. The van der Waals surface area contributed by atoms with Gasteiger partial charge in [-0.25, -0.2) is 0 Å². The zero-order valence-corrected chi connectivity index (χ0v) is 18.4. The first-order valence-corrected chi connectivity index (χ1v) is 11.2. The zero-order chi connectivity index (χ0) is 20.5. The predicted octanol–water partition coefficient (Wildman–Crippen LogP) is 4.54. The van der Waals surface area contributed by atoms with Gasteiger partial charge in [-0.2, -0.15) is 0 Å². The first kappa shape index (κ1) is 27.3. The van der Waals surface area contributed by atoms with Gasteiger partial charge in [-0.15, -0.1) is 0 Å². The Morgan fingerprint density at radius 1 is 0.536 bits per heavy atom. The SMILES string of the molecule is CCCCCCCCCCCOCCOCCOCCOCCCC(=O)OC. The van der Waals surface area contributed by atoms with Gasteiger partial charge in [0.05, 0.1) is 46.8 Å². The average molecular weight is 405 g/mol. The summed E-state index contributed by atoms with van der Waals surface area (Å²) in [5, 5.41) is 0. The van der Waals surface area contributed by atoms with Crippen LogP contribution in [0.25, 0.3) is 0 Å². The van der Waals surface area contributed by atoms with E-state index in [0.29, 0.717) is 59.1 Å². The molecule has 0 bridgehead atoms. The highest BCUT2D eigenvalue weighted by atomic mass is 16.6. The topological polar surface area (TPSA) is 63.2 Å². The van der Waals surface area contributed by atoms with Crippen LogP contribution in [-0.2, 0) is 28.5 Å². The maximum absolute atomic E-state index is 10.9. The van der Waals surface area contributed by atoms with Gasteiger partial charge in [0.1, 0.15) is 0 Å². The van der Waals surface area contributed by atoms with E-state index in [1.54, 1.807) is 0 Å². The number of methoxy groups -OCH3 is 1. The average Bonchev–Trinajstić information content (AvgIpc) is 2.71. The molecule has 28 heavy (non-hydrogen) atoms. The minimum absolute atomic E-state index is 0.200. The third-order valence-electron chi connectivity index (χ3n) is 4.41. The van der Waals surface area contributed by atoms with E-state index >= 15 is 0 Å². The van der Waals surface area contributed by atoms with Crippen LogP contribution in [0.5, 0.6) is 0 Å². The number of esters is 1. The molecule has 0 aliphatic heterocycles. The quantitative estimate of drug-likeness (QED) is 0.184. The van der Waals surface area contributed by atoms with Gasteiger partial charge in [0.2, 0.25) is 0 Å². The second-order valence-electron chi connectivity index (χ2n) is 6.96. The van der Waals surface area contributed by atoms with Gasteiger partial charge in [-0.3, -0.25) is 4.79 Å². The molecular formula is C22H44O6. The van der Waals surface area contributed by atoms with Crippen molar-refractivity contribution >= 4 is 5.97 Å². The maximum Gasteiger partial charge on any atom is 0.305 e. The molecule has 0 spiro atoms. The summed E-state index contributed by atoms with van der Waals surface area (Å²) in [5.41, 5.74) is 0. The van der Waals surface area contributed by atoms with E-state index in [2.05, 4.69) is 11.7 Å². The summed E-state index contributed by atoms with van der Waals surface area (Å²) in [6.45, 7) is 7.11. The lowest BCUT2D eigenvalue weighted by Gasteiger charge is -2.07. The second-order valence-corrected chi connectivity index (χ2v) is 6.96. The minimum atomic E-state index is -0.200. The van der Waals surface area contributed by atoms with E-state index < -0.39 is 0 Å². The van der Waals surface area contributed by atoms with Crippen molar-refractivity contribution < 1.29 is 28.5 Å². The minimum Gasteiger partial charge on any atom is -0.469 e. The van der Waals surface area contributed by atoms with Crippen molar-refractivity contribution in [1.29, 1.82) is 0 Å². The highest BCUT2D eigenvalue weighted by Gasteiger charge is 1.99. The van der Waals surface area contributed by atoms with Gasteiger partial charge in [0.25, 0.3) is 0 Å². The molecule has 0 rings (SSSR count). The first-order chi connectivity index (χ1) is 13.8. The molecule has 0 aromatic carbocycles. The molecule has 0 fully saturated rings. The molecule has 0 atom stereocenters. The van der Waals surface area contributed by atoms with Crippen LogP contribution in [0.4, 0.5) is 0 Å².